The predicted octanol–water partition coefficient (Wildman–Crippen LogP) is 3.01. The molecule has 96 valence electrons. The molecule has 0 saturated heterocycles. The number of benzene rings is 1. The molecule has 0 amide bonds. The minimum atomic E-state index is 0.654. The van der Waals surface area contributed by atoms with Gasteiger partial charge in [-0.2, -0.15) is 0 Å². The average Bonchev–Trinajstić information content (AvgIpc) is 2.72. The third kappa shape index (κ3) is 2.47. The Hall–Kier alpha value is -1.97. The van der Waals surface area contributed by atoms with E-state index in [1.54, 1.807) is 0 Å². The summed E-state index contributed by atoms with van der Waals surface area (Å²) in [5.41, 5.74) is 1.99. The van der Waals surface area contributed by atoms with Crippen molar-refractivity contribution < 1.29 is 4.74 Å². The number of hydrogen-bond donors (Lipinski definition) is 1. The fourth-order valence-corrected chi connectivity index (χ4v) is 1.90. The van der Waals surface area contributed by atoms with E-state index in [2.05, 4.69) is 17.2 Å². The lowest BCUT2D eigenvalue weighted by Crippen LogP contribution is -2.06. The van der Waals surface area contributed by atoms with Crippen molar-refractivity contribution >= 4 is 5.95 Å². The summed E-state index contributed by atoms with van der Waals surface area (Å²) in [5, 5.41) is 3.26. The zero-order valence-electron chi connectivity index (χ0n) is 11.1. The van der Waals surface area contributed by atoms with E-state index in [0.29, 0.717) is 6.61 Å². The van der Waals surface area contributed by atoms with Gasteiger partial charge in [-0.25, -0.2) is 4.98 Å². The molecule has 1 aromatic carbocycles. The molecule has 0 bridgehead atoms. The summed E-state index contributed by atoms with van der Waals surface area (Å²) >= 11 is 0. The van der Waals surface area contributed by atoms with Crippen LogP contribution >= 0.6 is 0 Å². The number of para-hydroxylation sites is 2. The highest BCUT2D eigenvalue weighted by atomic mass is 16.5. The Morgan fingerprint density at radius 2 is 2.06 bits per heavy atom. The molecule has 2 aromatic rings. The van der Waals surface area contributed by atoms with Crippen LogP contribution in [0.2, 0.25) is 0 Å². The van der Waals surface area contributed by atoms with Crippen LogP contribution < -0.4 is 10.1 Å². The van der Waals surface area contributed by atoms with Gasteiger partial charge in [0.15, 0.2) is 0 Å². The smallest absolute Gasteiger partial charge is 0.207 e. The first-order valence-electron chi connectivity index (χ1n) is 6.28. The van der Waals surface area contributed by atoms with Gasteiger partial charge in [0, 0.05) is 12.7 Å². The van der Waals surface area contributed by atoms with Crippen LogP contribution in [-0.4, -0.2) is 22.7 Å². The van der Waals surface area contributed by atoms with Crippen LogP contribution in [0.5, 0.6) is 5.75 Å². The second-order valence-electron chi connectivity index (χ2n) is 4.01. The number of nitrogens with one attached hydrogen (secondary N) is 1. The van der Waals surface area contributed by atoms with Crippen molar-refractivity contribution in [3.63, 3.8) is 0 Å². The standard InChI is InChI=1S/C14H19N3O/c1-4-15-14-16-11(3)10-17(14)12-8-6-7-9-13(12)18-5-2/h6-10H,4-5H2,1-3H3,(H,15,16). The lowest BCUT2D eigenvalue weighted by Gasteiger charge is -2.13. The number of nitrogens with zero attached hydrogens (tertiary/aromatic N) is 2. The van der Waals surface area contributed by atoms with Gasteiger partial charge < -0.3 is 10.1 Å². The predicted molar refractivity (Wildman–Crippen MR) is 73.6 cm³/mol. The molecule has 1 heterocycles. The molecule has 0 fully saturated rings. The van der Waals surface area contributed by atoms with Gasteiger partial charge in [-0.3, -0.25) is 4.57 Å². The van der Waals surface area contributed by atoms with Gasteiger partial charge in [0.2, 0.25) is 5.95 Å². The van der Waals surface area contributed by atoms with Gasteiger partial charge in [-0.15, -0.1) is 0 Å². The van der Waals surface area contributed by atoms with Crippen molar-refractivity contribution in [1.29, 1.82) is 0 Å². The molecule has 0 saturated carbocycles. The van der Waals surface area contributed by atoms with E-state index in [1.807, 2.05) is 48.9 Å². The van der Waals surface area contributed by atoms with Crippen molar-refractivity contribution in [1.82, 2.24) is 9.55 Å². The van der Waals surface area contributed by atoms with Gasteiger partial charge in [-0.1, -0.05) is 12.1 Å². The maximum absolute atomic E-state index is 5.66. The second kappa shape index (κ2) is 5.58. The molecule has 0 spiro atoms. The Bertz CT molecular complexity index is 520. The highest BCUT2D eigenvalue weighted by Gasteiger charge is 2.10. The lowest BCUT2D eigenvalue weighted by atomic mass is 10.3. The largest absolute Gasteiger partial charge is 0.492 e. The molecule has 1 aromatic heterocycles. The van der Waals surface area contributed by atoms with Crippen molar-refractivity contribution in [3.8, 4) is 11.4 Å². The molecule has 1 N–H and O–H groups in total. The summed E-state index contributed by atoms with van der Waals surface area (Å²) in [6.45, 7) is 7.53. The minimum absolute atomic E-state index is 0.654. The number of aromatic nitrogens is 2. The Kier molecular flexibility index (Phi) is 3.87. The zero-order valence-corrected chi connectivity index (χ0v) is 11.1. The molecular formula is C14H19N3O. The molecule has 2 rings (SSSR count). The quantitative estimate of drug-likeness (QED) is 0.880. The summed E-state index contributed by atoms with van der Waals surface area (Å²) < 4.78 is 7.69. The number of imidazole rings is 1. The van der Waals surface area contributed by atoms with Crippen LogP contribution in [0.3, 0.4) is 0 Å². The van der Waals surface area contributed by atoms with E-state index < -0.39 is 0 Å². The number of rotatable bonds is 5. The van der Waals surface area contributed by atoms with Crippen LogP contribution in [0, 0.1) is 6.92 Å². The lowest BCUT2D eigenvalue weighted by molar-refractivity contribution is 0.339. The molecule has 4 heteroatoms. The monoisotopic (exact) mass is 245 g/mol. The van der Waals surface area contributed by atoms with E-state index in [9.17, 15) is 0 Å². The first-order valence-corrected chi connectivity index (χ1v) is 6.28. The van der Waals surface area contributed by atoms with Gasteiger partial charge in [0.25, 0.3) is 0 Å². The Labute approximate surface area is 108 Å². The van der Waals surface area contributed by atoms with Crippen molar-refractivity contribution in [2.24, 2.45) is 0 Å². The van der Waals surface area contributed by atoms with Gasteiger partial charge in [-0.05, 0) is 32.9 Å². The fourth-order valence-electron chi connectivity index (χ4n) is 1.90. The molecule has 4 nitrogen and oxygen atoms in total. The van der Waals surface area contributed by atoms with Crippen molar-refractivity contribution in [2.75, 3.05) is 18.5 Å². The van der Waals surface area contributed by atoms with Crippen LogP contribution in [0.1, 0.15) is 19.5 Å². The summed E-state index contributed by atoms with van der Waals surface area (Å²) in [6, 6.07) is 7.99. The molecule has 0 aliphatic rings. The van der Waals surface area contributed by atoms with Crippen molar-refractivity contribution in [3.05, 3.63) is 36.2 Å². The van der Waals surface area contributed by atoms with Gasteiger partial charge in [0.05, 0.1) is 18.0 Å². The van der Waals surface area contributed by atoms with E-state index in [1.165, 1.54) is 0 Å². The number of hydrogen-bond acceptors (Lipinski definition) is 3. The molecule has 0 aliphatic heterocycles. The number of aryl methyl sites for hydroxylation is 1. The Balaban J connectivity index is 2.47. The first-order chi connectivity index (χ1) is 8.76. The summed E-state index contributed by atoms with van der Waals surface area (Å²) in [5.74, 6) is 1.72. The van der Waals surface area contributed by atoms with Crippen LogP contribution in [0.4, 0.5) is 5.95 Å². The summed E-state index contributed by atoms with van der Waals surface area (Å²) in [6.07, 6.45) is 2.01. The van der Waals surface area contributed by atoms with E-state index in [0.717, 1.165) is 29.6 Å². The van der Waals surface area contributed by atoms with Crippen LogP contribution in [-0.2, 0) is 0 Å². The molecule has 0 radical (unpaired) electrons. The second-order valence-corrected chi connectivity index (χ2v) is 4.01. The average molecular weight is 245 g/mol. The van der Waals surface area contributed by atoms with Crippen molar-refractivity contribution in [2.45, 2.75) is 20.8 Å². The topological polar surface area (TPSA) is 39.1 Å². The maximum Gasteiger partial charge on any atom is 0.207 e. The highest BCUT2D eigenvalue weighted by Crippen LogP contribution is 2.26. The SMILES string of the molecule is CCNc1nc(C)cn1-c1ccccc1OCC. The van der Waals surface area contributed by atoms with E-state index in [-0.39, 0.29) is 0 Å². The number of ether oxygens (including phenoxy) is 1. The summed E-state index contributed by atoms with van der Waals surface area (Å²) in [4.78, 5) is 4.47. The third-order valence-electron chi connectivity index (χ3n) is 2.59. The van der Waals surface area contributed by atoms with E-state index in [4.69, 9.17) is 4.74 Å². The first kappa shape index (κ1) is 12.5. The molecular weight excluding hydrogens is 226 g/mol. The molecule has 0 aliphatic carbocycles. The molecule has 0 unspecified atom stereocenters. The van der Waals surface area contributed by atoms with Gasteiger partial charge >= 0.3 is 0 Å². The number of anilines is 1. The van der Waals surface area contributed by atoms with Crippen LogP contribution in [0.15, 0.2) is 30.5 Å². The van der Waals surface area contributed by atoms with Gasteiger partial charge in [0.1, 0.15) is 5.75 Å². The fraction of sp³-hybridized carbons (Fsp3) is 0.357. The third-order valence-corrected chi connectivity index (χ3v) is 2.59. The molecule has 0 atom stereocenters. The van der Waals surface area contributed by atoms with Crippen LogP contribution in [0.25, 0.3) is 5.69 Å². The minimum Gasteiger partial charge on any atom is -0.492 e. The molecule has 18 heavy (non-hydrogen) atoms. The Morgan fingerprint density at radius 3 is 2.78 bits per heavy atom. The Morgan fingerprint density at radius 1 is 1.28 bits per heavy atom. The highest BCUT2D eigenvalue weighted by molar-refractivity contribution is 5.52. The maximum atomic E-state index is 5.66. The normalized spacial score (nSPS) is 10.4. The van der Waals surface area contributed by atoms with E-state index >= 15 is 0 Å². The zero-order chi connectivity index (χ0) is 13.0. The summed E-state index contributed by atoms with van der Waals surface area (Å²) in [7, 11) is 0.